The van der Waals surface area contributed by atoms with E-state index in [-0.39, 0.29) is 11.7 Å². The van der Waals surface area contributed by atoms with Crippen LogP contribution in [0.4, 0.5) is 4.39 Å². The molecule has 84 valence electrons. The highest BCUT2D eigenvalue weighted by Crippen LogP contribution is 2.11. The van der Waals surface area contributed by atoms with Gasteiger partial charge in [0.25, 0.3) is 0 Å². The molecule has 16 heavy (non-hydrogen) atoms. The monoisotopic (exact) mass is 219 g/mol. The number of carbonyl (C=O) groups excluding carboxylic acids is 1. The highest BCUT2D eigenvalue weighted by atomic mass is 19.1. The lowest BCUT2D eigenvalue weighted by Crippen LogP contribution is -2.23. The van der Waals surface area contributed by atoms with E-state index in [1.54, 1.807) is 31.2 Å². The van der Waals surface area contributed by atoms with Crippen molar-refractivity contribution in [1.82, 2.24) is 5.32 Å². The summed E-state index contributed by atoms with van der Waals surface area (Å²) in [4.78, 5) is 11.5. The summed E-state index contributed by atoms with van der Waals surface area (Å²) in [6, 6.07) is 6.32. The molecular formula is C13H14FNO. The molecule has 1 aromatic carbocycles. The van der Waals surface area contributed by atoms with Gasteiger partial charge in [-0.25, -0.2) is 4.39 Å². The van der Waals surface area contributed by atoms with Crippen molar-refractivity contribution in [2.24, 2.45) is 0 Å². The van der Waals surface area contributed by atoms with Gasteiger partial charge in [0.2, 0.25) is 5.91 Å². The summed E-state index contributed by atoms with van der Waals surface area (Å²) in [5, 5.41) is 2.62. The van der Waals surface area contributed by atoms with Gasteiger partial charge in [-0.1, -0.05) is 24.3 Å². The van der Waals surface area contributed by atoms with E-state index in [0.717, 1.165) is 0 Å². The fraction of sp³-hybridized carbons (Fsp3) is 0.154. The molecule has 0 aliphatic rings. The lowest BCUT2D eigenvalue weighted by atomic mass is 10.1. The molecule has 0 saturated heterocycles. The van der Waals surface area contributed by atoms with Gasteiger partial charge in [0.1, 0.15) is 5.82 Å². The molecule has 0 bridgehead atoms. The Morgan fingerprint density at radius 3 is 2.81 bits per heavy atom. The standard InChI is InChI=1S/C13H14FNO/c1-3-8-15-13(16)10(2)9-11-6-4-5-7-12(11)14/h3-7,9H,1,8H2,2H3,(H,15,16)/b10-9+. The maximum atomic E-state index is 13.3. The van der Waals surface area contributed by atoms with Gasteiger partial charge in [-0.15, -0.1) is 6.58 Å². The van der Waals surface area contributed by atoms with Crippen LogP contribution in [0.2, 0.25) is 0 Å². The predicted molar refractivity (Wildman–Crippen MR) is 63.3 cm³/mol. The first kappa shape index (κ1) is 12.2. The normalized spacial score (nSPS) is 11.0. The number of hydrogen-bond acceptors (Lipinski definition) is 1. The van der Waals surface area contributed by atoms with Crippen molar-refractivity contribution in [3.63, 3.8) is 0 Å². The zero-order chi connectivity index (χ0) is 12.0. The molecule has 0 aliphatic carbocycles. The number of halogens is 1. The van der Waals surface area contributed by atoms with E-state index >= 15 is 0 Å². The number of amides is 1. The fourth-order valence-electron chi connectivity index (χ4n) is 1.20. The molecule has 3 heteroatoms. The highest BCUT2D eigenvalue weighted by molar-refractivity contribution is 5.97. The van der Waals surface area contributed by atoms with Crippen LogP contribution >= 0.6 is 0 Å². The van der Waals surface area contributed by atoms with Gasteiger partial charge >= 0.3 is 0 Å². The average Bonchev–Trinajstić information content (AvgIpc) is 2.28. The zero-order valence-electron chi connectivity index (χ0n) is 9.16. The van der Waals surface area contributed by atoms with E-state index in [4.69, 9.17) is 0 Å². The van der Waals surface area contributed by atoms with Crippen molar-refractivity contribution in [2.75, 3.05) is 6.54 Å². The molecule has 1 rings (SSSR count). The van der Waals surface area contributed by atoms with Gasteiger partial charge in [0.05, 0.1) is 0 Å². The largest absolute Gasteiger partial charge is 0.349 e. The number of rotatable bonds is 4. The van der Waals surface area contributed by atoms with Crippen LogP contribution in [0.25, 0.3) is 6.08 Å². The summed E-state index contributed by atoms with van der Waals surface area (Å²) >= 11 is 0. The van der Waals surface area contributed by atoms with E-state index in [9.17, 15) is 9.18 Å². The van der Waals surface area contributed by atoms with Crippen LogP contribution in [0.5, 0.6) is 0 Å². The quantitative estimate of drug-likeness (QED) is 0.612. The maximum absolute atomic E-state index is 13.3. The molecule has 1 N–H and O–H groups in total. The SMILES string of the molecule is C=CCNC(=O)/C(C)=C/c1ccccc1F. The predicted octanol–water partition coefficient (Wildman–Crippen LogP) is 2.53. The summed E-state index contributed by atoms with van der Waals surface area (Å²) < 4.78 is 13.3. The van der Waals surface area contributed by atoms with Crippen molar-refractivity contribution in [3.05, 3.63) is 53.9 Å². The van der Waals surface area contributed by atoms with E-state index in [1.165, 1.54) is 12.1 Å². The third-order valence-corrected chi connectivity index (χ3v) is 2.04. The summed E-state index contributed by atoms with van der Waals surface area (Å²) in [6.07, 6.45) is 3.11. The van der Waals surface area contributed by atoms with E-state index < -0.39 is 0 Å². The summed E-state index contributed by atoms with van der Waals surface area (Å²) in [7, 11) is 0. The Morgan fingerprint density at radius 2 is 2.19 bits per heavy atom. The van der Waals surface area contributed by atoms with Gasteiger partial charge in [0, 0.05) is 17.7 Å². The van der Waals surface area contributed by atoms with Gasteiger partial charge in [-0.3, -0.25) is 4.79 Å². The molecule has 1 aromatic rings. The highest BCUT2D eigenvalue weighted by Gasteiger charge is 2.04. The Hall–Kier alpha value is -1.90. The molecular weight excluding hydrogens is 205 g/mol. The van der Waals surface area contributed by atoms with E-state index in [1.807, 2.05) is 0 Å². The average molecular weight is 219 g/mol. The summed E-state index contributed by atoms with van der Waals surface area (Å²) in [6.45, 7) is 5.54. The fourth-order valence-corrected chi connectivity index (χ4v) is 1.20. The molecule has 1 amide bonds. The first-order chi connectivity index (χ1) is 7.65. The Balaban J connectivity index is 2.80. The number of carbonyl (C=O) groups is 1. The van der Waals surface area contributed by atoms with Gasteiger partial charge < -0.3 is 5.32 Å². The molecule has 2 nitrogen and oxygen atoms in total. The van der Waals surface area contributed by atoms with E-state index in [2.05, 4.69) is 11.9 Å². The molecule has 0 saturated carbocycles. The lowest BCUT2D eigenvalue weighted by molar-refractivity contribution is -0.117. The van der Waals surface area contributed by atoms with Crippen molar-refractivity contribution in [2.45, 2.75) is 6.92 Å². The topological polar surface area (TPSA) is 29.1 Å². The summed E-state index contributed by atoms with van der Waals surface area (Å²) in [5.41, 5.74) is 0.876. The van der Waals surface area contributed by atoms with Crippen LogP contribution in [0, 0.1) is 5.82 Å². The second-order valence-electron chi connectivity index (χ2n) is 3.35. The third kappa shape index (κ3) is 3.35. The second-order valence-corrected chi connectivity index (χ2v) is 3.35. The smallest absolute Gasteiger partial charge is 0.247 e. The third-order valence-electron chi connectivity index (χ3n) is 2.04. The molecule has 0 spiro atoms. The lowest BCUT2D eigenvalue weighted by Gasteiger charge is -2.02. The molecule has 0 atom stereocenters. The van der Waals surface area contributed by atoms with Gasteiger partial charge in [-0.2, -0.15) is 0 Å². The molecule has 0 heterocycles. The van der Waals surface area contributed by atoms with Gasteiger partial charge in [-0.05, 0) is 19.1 Å². The van der Waals surface area contributed by atoms with Crippen LogP contribution in [-0.2, 0) is 4.79 Å². The Bertz CT molecular complexity index is 424. The molecule has 0 radical (unpaired) electrons. The first-order valence-corrected chi connectivity index (χ1v) is 4.97. The van der Waals surface area contributed by atoms with Crippen molar-refractivity contribution >= 4 is 12.0 Å². The van der Waals surface area contributed by atoms with Gasteiger partial charge in [0.15, 0.2) is 0 Å². The van der Waals surface area contributed by atoms with Crippen molar-refractivity contribution < 1.29 is 9.18 Å². The minimum Gasteiger partial charge on any atom is -0.349 e. The molecule has 0 unspecified atom stereocenters. The summed E-state index contributed by atoms with van der Waals surface area (Å²) in [5.74, 6) is -0.554. The second kappa shape index (κ2) is 5.85. The number of nitrogens with one attached hydrogen (secondary N) is 1. The zero-order valence-corrected chi connectivity index (χ0v) is 9.16. The van der Waals surface area contributed by atoms with Crippen molar-refractivity contribution in [1.29, 1.82) is 0 Å². The first-order valence-electron chi connectivity index (χ1n) is 4.97. The van der Waals surface area contributed by atoms with Crippen LogP contribution < -0.4 is 5.32 Å². The van der Waals surface area contributed by atoms with Crippen molar-refractivity contribution in [3.8, 4) is 0 Å². The van der Waals surface area contributed by atoms with Crippen LogP contribution in [0.1, 0.15) is 12.5 Å². The van der Waals surface area contributed by atoms with Crippen LogP contribution in [0.15, 0.2) is 42.5 Å². The Labute approximate surface area is 94.5 Å². The minimum atomic E-state index is -0.335. The molecule has 0 aliphatic heterocycles. The number of hydrogen-bond donors (Lipinski definition) is 1. The Morgan fingerprint density at radius 1 is 1.50 bits per heavy atom. The number of benzene rings is 1. The van der Waals surface area contributed by atoms with Crippen LogP contribution in [-0.4, -0.2) is 12.5 Å². The molecule has 0 aromatic heterocycles. The Kier molecular flexibility index (Phi) is 4.45. The molecule has 0 fully saturated rings. The maximum Gasteiger partial charge on any atom is 0.247 e. The van der Waals surface area contributed by atoms with Crippen LogP contribution in [0.3, 0.4) is 0 Å². The van der Waals surface area contributed by atoms with E-state index in [0.29, 0.717) is 17.7 Å². The minimum absolute atomic E-state index is 0.219.